The molecule has 0 unspecified atom stereocenters. The number of carbonyl (C=O) groups is 3. The summed E-state index contributed by atoms with van der Waals surface area (Å²) in [7, 11) is 0. The summed E-state index contributed by atoms with van der Waals surface area (Å²) in [5, 5.41) is 12.1. The van der Waals surface area contributed by atoms with Crippen molar-refractivity contribution in [3.63, 3.8) is 0 Å². The van der Waals surface area contributed by atoms with Gasteiger partial charge in [-0.05, 0) is 56.2 Å². The van der Waals surface area contributed by atoms with E-state index in [9.17, 15) is 14.4 Å². The van der Waals surface area contributed by atoms with Crippen LogP contribution in [0.25, 0.3) is 11.4 Å². The lowest BCUT2D eigenvalue weighted by Gasteiger charge is -2.37. The van der Waals surface area contributed by atoms with Gasteiger partial charge in [-0.3, -0.25) is 24.6 Å². The summed E-state index contributed by atoms with van der Waals surface area (Å²) in [6, 6.07) is 7.07. The number of amides is 4. The second-order valence-electron chi connectivity index (χ2n) is 7.58. The lowest BCUT2D eigenvalue weighted by Crippen LogP contribution is -2.55. The van der Waals surface area contributed by atoms with Crippen LogP contribution >= 0.6 is 12.2 Å². The Hall–Kier alpha value is -3.21. The van der Waals surface area contributed by atoms with E-state index in [2.05, 4.69) is 20.8 Å². The molecule has 2 aliphatic heterocycles. The molecule has 2 aliphatic rings. The fourth-order valence-electron chi connectivity index (χ4n) is 4.00. The number of hydrogen-bond acceptors (Lipinski definition) is 6. The molecule has 0 aliphatic carbocycles. The summed E-state index contributed by atoms with van der Waals surface area (Å²) < 4.78 is 7.72. The molecule has 2 fully saturated rings. The first kappa shape index (κ1) is 21.0. The maximum atomic E-state index is 12.8. The van der Waals surface area contributed by atoms with Crippen LogP contribution in [0.1, 0.15) is 26.2 Å². The van der Waals surface area contributed by atoms with Gasteiger partial charge in [-0.15, -0.1) is 0 Å². The minimum Gasteiger partial charge on any atom is -0.494 e. The zero-order valence-electron chi connectivity index (χ0n) is 17.1. The first-order valence-corrected chi connectivity index (χ1v) is 10.6. The largest absolute Gasteiger partial charge is 0.494 e. The number of ether oxygens (including phenoxy) is 1. The van der Waals surface area contributed by atoms with Crippen molar-refractivity contribution >= 4 is 30.1 Å². The minimum absolute atomic E-state index is 0.0275. The number of nitrogens with one attached hydrogen (secondary N) is 3. The first-order valence-electron chi connectivity index (χ1n) is 10.2. The predicted molar refractivity (Wildman–Crippen MR) is 114 cm³/mol. The number of H-pyrrole nitrogens is 1. The van der Waals surface area contributed by atoms with E-state index in [4.69, 9.17) is 17.0 Å². The molecule has 0 radical (unpaired) electrons. The highest BCUT2D eigenvalue weighted by atomic mass is 32.1. The Bertz CT molecular complexity index is 1050. The van der Waals surface area contributed by atoms with Crippen LogP contribution in [0, 0.1) is 4.77 Å². The summed E-state index contributed by atoms with van der Waals surface area (Å²) in [5.41, 5.74) is -0.0203. The average molecular weight is 445 g/mol. The average Bonchev–Trinajstić information content (AvgIpc) is 3.26. The molecule has 0 bridgehead atoms. The van der Waals surface area contributed by atoms with Gasteiger partial charge in [0.1, 0.15) is 11.3 Å². The molecule has 2 saturated heterocycles. The molecular formula is C20H24N6O4S. The standard InChI is InChI=1S/C20H24N6O4S/c1-2-30-14-5-3-13(4-6-14)16-23-24-19(31)26(16)10-7-15(27)25-11-8-20(9-12-25)17(28)21-18(29)22-20/h3-6H,2,7-12H2,1H3,(H,24,31)(H2,21,22,28,29). The number of likely N-dealkylation sites (tertiary alicyclic amines) is 1. The van der Waals surface area contributed by atoms with E-state index >= 15 is 0 Å². The van der Waals surface area contributed by atoms with Crippen molar-refractivity contribution in [1.82, 2.24) is 30.3 Å². The molecule has 1 aromatic carbocycles. The van der Waals surface area contributed by atoms with Gasteiger partial charge in [0.05, 0.1) is 6.61 Å². The van der Waals surface area contributed by atoms with Crippen LogP contribution in [-0.4, -0.2) is 62.7 Å². The molecule has 31 heavy (non-hydrogen) atoms. The van der Waals surface area contributed by atoms with Gasteiger partial charge in [-0.2, -0.15) is 5.10 Å². The molecule has 2 aromatic rings. The molecule has 3 N–H and O–H groups in total. The molecule has 3 heterocycles. The van der Waals surface area contributed by atoms with E-state index in [1.807, 2.05) is 31.2 Å². The summed E-state index contributed by atoms with van der Waals surface area (Å²) in [6.45, 7) is 3.73. The van der Waals surface area contributed by atoms with Crippen molar-refractivity contribution in [3.05, 3.63) is 29.0 Å². The van der Waals surface area contributed by atoms with Gasteiger partial charge in [0.15, 0.2) is 10.6 Å². The van der Waals surface area contributed by atoms with Crippen LogP contribution in [-0.2, 0) is 16.1 Å². The lowest BCUT2D eigenvalue weighted by molar-refractivity contribution is -0.136. The van der Waals surface area contributed by atoms with E-state index < -0.39 is 11.6 Å². The third-order valence-corrected chi connectivity index (χ3v) is 6.03. The molecule has 164 valence electrons. The third-order valence-electron chi connectivity index (χ3n) is 5.72. The van der Waals surface area contributed by atoms with E-state index in [1.165, 1.54) is 0 Å². The third kappa shape index (κ3) is 4.18. The number of aromatic amines is 1. The van der Waals surface area contributed by atoms with Crippen molar-refractivity contribution in [2.45, 2.75) is 38.3 Å². The second kappa shape index (κ2) is 8.50. The molecule has 0 atom stereocenters. The fourth-order valence-corrected chi connectivity index (χ4v) is 4.22. The Morgan fingerprint density at radius 2 is 1.94 bits per heavy atom. The Morgan fingerprint density at radius 3 is 2.55 bits per heavy atom. The first-order chi connectivity index (χ1) is 14.9. The topological polar surface area (TPSA) is 121 Å². The highest BCUT2D eigenvalue weighted by Crippen LogP contribution is 2.26. The maximum absolute atomic E-state index is 12.8. The van der Waals surface area contributed by atoms with Gasteiger partial charge in [-0.25, -0.2) is 4.79 Å². The highest BCUT2D eigenvalue weighted by Gasteiger charge is 2.48. The van der Waals surface area contributed by atoms with Gasteiger partial charge in [0.25, 0.3) is 5.91 Å². The molecule has 10 nitrogen and oxygen atoms in total. The molecular weight excluding hydrogens is 420 g/mol. The predicted octanol–water partition coefficient (Wildman–Crippen LogP) is 1.60. The molecule has 4 amide bonds. The minimum atomic E-state index is -0.887. The SMILES string of the molecule is CCOc1ccc(-c2n[nH]c(=S)n2CCC(=O)N2CCC3(CC2)NC(=O)NC3=O)cc1. The zero-order valence-corrected chi connectivity index (χ0v) is 18.0. The fraction of sp³-hybridized carbons (Fsp3) is 0.450. The van der Waals surface area contributed by atoms with Crippen LogP contribution in [0.4, 0.5) is 4.79 Å². The number of rotatable bonds is 6. The van der Waals surface area contributed by atoms with Crippen LogP contribution in [0.3, 0.4) is 0 Å². The van der Waals surface area contributed by atoms with Crippen LogP contribution in [0.2, 0.25) is 0 Å². The molecule has 1 aromatic heterocycles. The number of urea groups is 1. The molecule has 11 heteroatoms. The summed E-state index contributed by atoms with van der Waals surface area (Å²) >= 11 is 5.35. The van der Waals surface area contributed by atoms with Gasteiger partial charge in [0.2, 0.25) is 5.91 Å². The van der Waals surface area contributed by atoms with Gasteiger partial charge in [-0.1, -0.05) is 0 Å². The van der Waals surface area contributed by atoms with Gasteiger partial charge >= 0.3 is 6.03 Å². The Morgan fingerprint density at radius 1 is 1.23 bits per heavy atom. The maximum Gasteiger partial charge on any atom is 0.322 e. The van der Waals surface area contributed by atoms with E-state index in [0.29, 0.717) is 49.7 Å². The smallest absolute Gasteiger partial charge is 0.322 e. The Balaban J connectivity index is 1.38. The second-order valence-corrected chi connectivity index (χ2v) is 7.97. The number of piperidine rings is 1. The van der Waals surface area contributed by atoms with Crippen molar-refractivity contribution < 1.29 is 19.1 Å². The number of hydrogen-bond donors (Lipinski definition) is 3. The summed E-state index contributed by atoms with van der Waals surface area (Å²) in [6.07, 6.45) is 1.06. The number of benzene rings is 1. The van der Waals surface area contributed by atoms with Crippen molar-refractivity contribution in [2.24, 2.45) is 0 Å². The number of aromatic nitrogens is 3. The van der Waals surface area contributed by atoms with Crippen molar-refractivity contribution in [3.8, 4) is 17.1 Å². The number of imide groups is 1. The van der Waals surface area contributed by atoms with Crippen LogP contribution < -0.4 is 15.4 Å². The number of nitrogens with zero attached hydrogens (tertiary/aromatic N) is 3. The van der Waals surface area contributed by atoms with Crippen LogP contribution in [0.15, 0.2) is 24.3 Å². The van der Waals surface area contributed by atoms with Crippen LogP contribution in [0.5, 0.6) is 5.75 Å². The van der Waals surface area contributed by atoms with Crippen molar-refractivity contribution in [2.75, 3.05) is 19.7 Å². The van der Waals surface area contributed by atoms with Gasteiger partial charge in [0, 0.05) is 31.6 Å². The normalized spacial score (nSPS) is 17.5. The number of carbonyl (C=O) groups excluding carboxylic acids is 3. The van der Waals surface area contributed by atoms with Crippen molar-refractivity contribution in [1.29, 1.82) is 0 Å². The molecule has 1 spiro atoms. The monoisotopic (exact) mass is 444 g/mol. The van der Waals surface area contributed by atoms with Gasteiger partial charge < -0.3 is 15.0 Å². The molecule has 0 saturated carbocycles. The van der Waals surface area contributed by atoms with E-state index in [1.54, 1.807) is 9.47 Å². The lowest BCUT2D eigenvalue weighted by atomic mass is 9.87. The highest BCUT2D eigenvalue weighted by molar-refractivity contribution is 7.71. The molecule has 4 rings (SSSR count). The van der Waals surface area contributed by atoms with E-state index in [0.717, 1.165) is 11.3 Å². The zero-order chi connectivity index (χ0) is 22.0. The summed E-state index contributed by atoms with van der Waals surface area (Å²) in [4.78, 5) is 38.0. The quantitative estimate of drug-likeness (QED) is 0.460. The van der Waals surface area contributed by atoms with E-state index in [-0.39, 0.29) is 18.2 Å². The Kier molecular flexibility index (Phi) is 5.77. The Labute approximate surface area is 183 Å². The summed E-state index contributed by atoms with van der Waals surface area (Å²) in [5.74, 6) is 1.09.